The average Bonchev–Trinajstić information content (AvgIpc) is 3.05. The fourth-order valence-corrected chi connectivity index (χ4v) is 3.37. The molecule has 0 unspecified atom stereocenters. The number of rotatable bonds is 5. The number of halogens is 1. The monoisotopic (exact) mass is 345 g/mol. The lowest BCUT2D eigenvalue weighted by molar-refractivity contribution is 0.0691. The molecule has 0 radical (unpaired) electrons. The Morgan fingerprint density at radius 3 is 2.81 bits per heavy atom. The van der Waals surface area contributed by atoms with Gasteiger partial charge >= 0.3 is 12.0 Å². The number of carbonyl (C=O) groups excluding carboxylic acids is 1. The first-order valence-corrected chi connectivity index (χ1v) is 7.94. The highest BCUT2D eigenvalue weighted by atomic mass is 35.5. The van der Waals surface area contributed by atoms with Crippen LogP contribution in [0.4, 0.5) is 4.79 Å². The smallest absolute Gasteiger partial charge is 0.355 e. The predicted octanol–water partition coefficient (Wildman–Crippen LogP) is 2.90. The van der Waals surface area contributed by atoms with Gasteiger partial charge in [-0.05, 0) is 12.1 Å². The summed E-state index contributed by atoms with van der Waals surface area (Å²) in [5, 5.41) is 13.5. The Hall–Kier alpha value is -1.64. The van der Waals surface area contributed by atoms with Crippen LogP contribution in [0.1, 0.15) is 20.4 Å². The van der Waals surface area contributed by atoms with Gasteiger partial charge in [0.2, 0.25) is 0 Å². The molecule has 21 heavy (non-hydrogen) atoms. The third-order valence-electron chi connectivity index (χ3n) is 2.53. The number of hydrogen-bond donors (Lipinski definition) is 2. The van der Waals surface area contributed by atoms with Crippen LogP contribution in [-0.2, 0) is 13.1 Å². The van der Waals surface area contributed by atoms with E-state index in [2.05, 4.69) is 10.3 Å². The lowest BCUT2D eigenvalue weighted by Gasteiger charge is -2.16. The second-order valence-corrected chi connectivity index (χ2v) is 6.89. The number of thiophene rings is 1. The van der Waals surface area contributed by atoms with E-state index in [1.165, 1.54) is 33.0 Å². The second kappa shape index (κ2) is 6.88. The molecule has 6 nitrogen and oxygen atoms in total. The molecule has 0 saturated carbocycles. The van der Waals surface area contributed by atoms with Gasteiger partial charge in [0.25, 0.3) is 0 Å². The van der Waals surface area contributed by atoms with Gasteiger partial charge in [0.15, 0.2) is 5.69 Å². The molecule has 0 bridgehead atoms. The van der Waals surface area contributed by atoms with Crippen LogP contribution in [0.2, 0.25) is 4.34 Å². The quantitative estimate of drug-likeness (QED) is 0.872. The number of thiazole rings is 1. The fraction of sp³-hybridized carbons (Fsp3) is 0.250. The van der Waals surface area contributed by atoms with Crippen LogP contribution in [0.5, 0.6) is 0 Å². The molecule has 0 fully saturated rings. The predicted molar refractivity (Wildman–Crippen MR) is 82.1 cm³/mol. The van der Waals surface area contributed by atoms with Crippen LogP contribution in [0.25, 0.3) is 0 Å². The van der Waals surface area contributed by atoms with E-state index >= 15 is 0 Å². The summed E-state index contributed by atoms with van der Waals surface area (Å²) < 4.78 is 0.683. The van der Waals surface area contributed by atoms with Crippen molar-refractivity contribution in [2.75, 3.05) is 7.05 Å². The number of carboxylic acids is 1. The maximum absolute atomic E-state index is 11.9. The van der Waals surface area contributed by atoms with Gasteiger partial charge in [-0.1, -0.05) is 11.6 Å². The Labute approximate surface area is 134 Å². The van der Waals surface area contributed by atoms with Gasteiger partial charge in [0.1, 0.15) is 5.01 Å². The summed E-state index contributed by atoms with van der Waals surface area (Å²) >= 11 is 8.46. The summed E-state index contributed by atoms with van der Waals surface area (Å²) in [6.45, 7) is 0.660. The highest BCUT2D eigenvalue weighted by Gasteiger charge is 2.12. The number of aromatic nitrogens is 1. The molecule has 2 amide bonds. The minimum Gasteiger partial charge on any atom is -0.476 e. The molecular formula is C12H12ClN3O3S2. The Morgan fingerprint density at radius 1 is 1.48 bits per heavy atom. The van der Waals surface area contributed by atoms with Crippen molar-refractivity contribution in [2.24, 2.45) is 0 Å². The summed E-state index contributed by atoms with van der Waals surface area (Å²) in [4.78, 5) is 29.0. The number of nitrogens with zero attached hydrogens (tertiary/aromatic N) is 2. The van der Waals surface area contributed by atoms with E-state index in [0.717, 1.165) is 4.88 Å². The summed E-state index contributed by atoms with van der Waals surface area (Å²) in [5.41, 5.74) is -0.00849. The SMILES string of the molecule is CN(Cc1ccc(Cl)s1)C(=O)NCc1nc(C(=O)O)cs1. The summed E-state index contributed by atoms with van der Waals surface area (Å²) in [5.74, 6) is -1.07. The van der Waals surface area contributed by atoms with Crippen LogP contribution in [0.3, 0.4) is 0 Å². The van der Waals surface area contributed by atoms with Crippen molar-refractivity contribution < 1.29 is 14.7 Å². The Balaban J connectivity index is 1.84. The highest BCUT2D eigenvalue weighted by molar-refractivity contribution is 7.16. The first-order valence-electron chi connectivity index (χ1n) is 5.86. The van der Waals surface area contributed by atoms with Gasteiger partial charge in [-0.2, -0.15) is 0 Å². The van der Waals surface area contributed by atoms with Crippen LogP contribution in [-0.4, -0.2) is 34.0 Å². The van der Waals surface area contributed by atoms with Gasteiger partial charge < -0.3 is 15.3 Å². The third kappa shape index (κ3) is 4.42. The maximum Gasteiger partial charge on any atom is 0.355 e. The minimum absolute atomic E-state index is 0.00849. The number of nitrogens with one attached hydrogen (secondary N) is 1. The van der Waals surface area contributed by atoms with Crippen LogP contribution in [0, 0.1) is 0 Å². The lowest BCUT2D eigenvalue weighted by Crippen LogP contribution is -2.36. The first kappa shape index (κ1) is 15.7. The van der Waals surface area contributed by atoms with Gasteiger partial charge in [-0.25, -0.2) is 14.6 Å². The molecule has 9 heteroatoms. The van der Waals surface area contributed by atoms with E-state index in [9.17, 15) is 9.59 Å². The molecule has 0 spiro atoms. The third-order valence-corrected chi connectivity index (χ3v) is 4.59. The number of amides is 2. The standard InChI is InChI=1S/C12H12ClN3O3S2/c1-16(5-7-2-3-9(13)21-7)12(19)14-4-10-15-8(6-20-10)11(17)18/h2-3,6H,4-5H2,1H3,(H,14,19)(H,17,18). The number of hydrogen-bond acceptors (Lipinski definition) is 5. The summed E-state index contributed by atoms with van der Waals surface area (Å²) in [6, 6.07) is 3.40. The molecule has 0 atom stereocenters. The average molecular weight is 346 g/mol. The lowest BCUT2D eigenvalue weighted by atomic mass is 10.4. The first-order chi connectivity index (χ1) is 9.95. The summed E-state index contributed by atoms with van der Waals surface area (Å²) in [7, 11) is 1.67. The van der Waals surface area contributed by atoms with Gasteiger partial charge in [-0.3, -0.25) is 0 Å². The number of carboxylic acid groups (broad SMARTS) is 1. The molecular weight excluding hydrogens is 334 g/mol. The van der Waals surface area contributed by atoms with E-state index in [-0.39, 0.29) is 18.3 Å². The molecule has 2 aromatic heterocycles. The highest BCUT2D eigenvalue weighted by Crippen LogP contribution is 2.22. The van der Waals surface area contributed by atoms with E-state index in [1.807, 2.05) is 6.07 Å². The van der Waals surface area contributed by atoms with Crippen molar-refractivity contribution in [1.82, 2.24) is 15.2 Å². The zero-order chi connectivity index (χ0) is 15.4. The van der Waals surface area contributed by atoms with Crippen molar-refractivity contribution >= 4 is 46.3 Å². The van der Waals surface area contributed by atoms with Crippen molar-refractivity contribution in [3.05, 3.63) is 37.4 Å². The zero-order valence-corrected chi connectivity index (χ0v) is 13.4. The second-order valence-electron chi connectivity index (χ2n) is 4.15. The number of carbonyl (C=O) groups is 2. The topological polar surface area (TPSA) is 82.5 Å². The molecule has 2 heterocycles. The molecule has 0 aliphatic rings. The van der Waals surface area contributed by atoms with Crippen LogP contribution >= 0.6 is 34.3 Å². The molecule has 0 aromatic carbocycles. The summed E-state index contributed by atoms with van der Waals surface area (Å²) in [6.07, 6.45) is 0. The van der Waals surface area contributed by atoms with E-state index in [0.29, 0.717) is 15.9 Å². The van der Waals surface area contributed by atoms with Gasteiger partial charge in [0, 0.05) is 17.3 Å². The molecule has 0 saturated heterocycles. The zero-order valence-electron chi connectivity index (χ0n) is 11.0. The Morgan fingerprint density at radius 2 is 2.24 bits per heavy atom. The van der Waals surface area contributed by atoms with E-state index < -0.39 is 5.97 Å². The van der Waals surface area contributed by atoms with Crippen molar-refractivity contribution in [3.63, 3.8) is 0 Å². The number of aromatic carboxylic acids is 1. The largest absolute Gasteiger partial charge is 0.476 e. The van der Waals surface area contributed by atoms with E-state index in [1.54, 1.807) is 13.1 Å². The maximum atomic E-state index is 11.9. The number of urea groups is 1. The molecule has 0 aliphatic heterocycles. The molecule has 2 N–H and O–H groups in total. The van der Waals surface area contributed by atoms with Crippen LogP contribution < -0.4 is 5.32 Å². The molecule has 0 aliphatic carbocycles. The molecule has 2 aromatic rings. The Kier molecular flexibility index (Phi) is 5.16. The van der Waals surface area contributed by atoms with Crippen molar-refractivity contribution in [2.45, 2.75) is 13.1 Å². The fourth-order valence-electron chi connectivity index (χ4n) is 1.52. The Bertz CT molecular complexity index is 656. The van der Waals surface area contributed by atoms with E-state index in [4.69, 9.17) is 16.7 Å². The minimum atomic E-state index is -1.07. The van der Waals surface area contributed by atoms with Crippen molar-refractivity contribution in [1.29, 1.82) is 0 Å². The van der Waals surface area contributed by atoms with Gasteiger partial charge in [0.05, 0.1) is 17.4 Å². The van der Waals surface area contributed by atoms with Gasteiger partial charge in [-0.15, -0.1) is 22.7 Å². The van der Waals surface area contributed by atoms with Crippen LogP contribution in [0.15, 0.2) is 17.5 Å². The normalized spacial score (nSPS) is 10.4. The molecule has 2 rings (SSSR count). The molecule has 112 valence electrons. The van der Waals surface area contributed by atoms with Crippen molar-refractivity contribution in [3.8, 4) is 0 Å².